The van der Waals surface area contributed by atoms with Crippen molar-refractivity contribution in [3.05, 3.63) is 22.5 Å². The molecule has 1 nitrogen and oxygen atoms in total. The summed E-state index contributed by atoms with van der Waals surface area (Å²) in [4.78, 5) is 0. The van der Waals surface area contributed by atoms with Crippen LogP contribution in [0.5, 0.6) is 0 Å². The second-order valence-electron chi connectivity index (χ2n) is 5.91. The normalized spacial score (nSPS) is 12.0. The Morgan fingerprint density at radius 1 is 0.900 bits per heavy atom. The molecule has 0 aliphatic rings. The molecule has 0 heterocycles. The van der Waals surface area contributed by atoms with Crippen molar-refractivity contribution in [2.24, 2.45) is 0 Å². The third kappa shape index (κ3) is 9.10. The van der Waals surface area contributed by atoms with Crippen molar-refractivity contribution in [3.8, 4) is 0 Å². The molecule has 118 valence electrons. The molecule has 0 radical (unpaired) electrons. The second-order valence-corrected chi connectivity index (χ2v) is 18.9. The summed E-state index contributed by atoms with van der Waals surface area (Å²) in [5.41, 5.74) is 0. The Morgan fingerprint density at radius 2 is 1.35 bits per heavy atom. The Labute approximate surface area is 131 Å². The van der Waals surface area contributed by atoms with Gasteiger partial charge in [-0.1, -0.05) is 0 Å². The van der Waals surface area contributed by atoms with E-state index in [0.717, 1.165) is 12.4 Å². The van der Waals surface area contributed by atoms with Gasteiger partial charge < -0.3 is 0 Å². The Morgan fingerprint density at radius 3 is 1.70 bits per heavy atom. The van der Waals surface area contributed by atoms with Gasteiger partial charge in [-0.05, 0) is 0 Å². The number of hydrogen-bond acceptors (Lipinski definition) is 1. The third-order valence-electron chi connectivity index (χ3n) is 4.04. The van der Waals surface area contributed by atoms with Crippen LogP contribution in [0.2, 0.25) is 13.3 Å². The van der Waals surface area contributed by atoms with Crippen molar-refractivity contribution in [2.45, 2.75) is 79.5 Å². The quantitative estimate of drug-likeness (QED) is 0.200. The first kappa shape index (κ1) is 20.1. The van der Waals surface area contributed by atoms with E-state index in [-0.39, 0.29) is 0 Å². The van der Waals surface area contributed by atoms with Crippen LogP contribution in [0.15, 0.2) is 22.5 Å². The molecule has 2 heteroatoms. The van der Waals surface area contributed by atoms with E-state index in [0.29, 0.717) is 0 Å². The van der Waals surface area contributed by atoms with Gasteiger partial charge in [0.1, 0.15) is 0 Å². The van der Waals surface area contributed by atoms with Crippen LogP contribution in [0.4, 0.5) is 0 Å². The van der Waals surface area contributed by atoms with Crippen molar-refractivity contribution >= 4 is 18.4 Å². The van der Waals surface area contributed by atoms with Crippen LogP contribution in [0.25, 0.3) is 0 Å². The van der Waals surface area contributed by atoms with Crippen molar-refractivity contribution in [2.75, 3.05) is 6.61 Å². The molecular weight excluding hydrogens is 351 g/mol. The fraction of sp³-hybridized carbons (Fsp3) is 0.778. The zero-order chi connectivity index (χ0) is 15.3. The second kappa shape index (κ2) is 12.8. The summed E-state index contributed by atoms with van der Waals surface area (Å²) >= 11 is -2.11. The van der Waals surface area contributed by atoms with E-state index in [1.54, 1.807) is 0 Å². The van der Waals surface area contributed by atoms with E-state index in [9.17, 15) is 0 Å². The summed E-state index contributed by atoms with van der Waals surface area (Å²) in [7, 11) is 0. The molecule has 0 unspecified atom stereocenters. The number of ether oxygens (including phenoxy) is 1. The van der Waals surface area contributed by atoms with Gasteiger partial charge in [-0.2, -0.15) is 0 Å². The number of unbranched alkanes of at least 4 members (excludes halogenated alkanes) is 3. The molecule has 0 aliphatic heterocycles. The predicted molar refractivity (Wildman–Crippen MR) is 94.8 cm³/mol. The molecule has 0 atom stereocenters. The summed E-state index contributed by atoms with van der Waals surface area (Å²) in [6.45, 7) is 13.7. The molecule has 0 N–H and O–H groups in total. The van der Waals surface area contributed by atoms with Gasteiger partial charge in [0.2, 0.25) is 0 Å². The summed E-state index contributed by atoms with van der Waals surface area (Å²) in [5, 5.41) is 0. The van der Waals surface area contributed by atoms with E-state index in [1.807, 2.05) is 6.92 Å². The first-order chi connectivity index (χ1) is 9.64. The standard InChI is InChI=1S/C6H9O.3C4H9.Sn/c1-4-6(3)7-5-2;3*1-3-4-2;/h1,4H,3,5H2,2H3;3*1,3-4H2,2H3;. The van der Waals surface area contributed by atoms with Gasteiger partial charge in [0, 0.05) is 0 Å². The average Bonchev–Trinajstić information content (AvgIpc) is 2.46. The summed E-state index contributed by atoms with van der Waals surface area (Å²) in [6, 6.07) is 0. The minimum atomic E-state index is -2.11. The van der Waals surface area contributed by atoms with Gasteiger partial charge >= 0.3 is 132 Å². The SMILES string of the molecule is C=C(/C=[CH]/[Sn]([CH2]CCC)([CH2]CCC)[CH2]CCC)OCC. The Hall–Kier alpha value is 0.0787. The van der Waals surface area contributed by atoms with E-state index in [4.69, 9.17) is 4.74 Å². The molecule has 0 spiro atoms. The zero-order valence-corrected chi connectivity index (χ0v) is 17.2. The van der Waals surface area contributed by atoms with E-state index in [2.05, 4.69) is 37.5 Å². The number of allylic oxidation sites excluding steroid dienone is 1. The predicted octanol–water partition coefficient (Wildman–Crippen LogP) is 6.48. The first-order valence-electron chi connectivity index (χ1n) is 8.65. The molecule has 0 rings (SSSR count). The number of hydrogen-bond donors (Lipinski definition) is 0. The molecule has 0 saturated carbocycles. The molecular formula is C18H36OSn. The van der Waals surface area contributed by atoms with Crippen LogP contribution >= 0.6 is 0 Å². The van der Waals surface area contributed by atoms with Crippen LogP contribution in [-0.4, -0.2) is 25.0 Å². The van der Waals surface area contributed by atoms with Gasteiger partial charge in [0.05, 0.1) is 0 Å². The monoisotopic (exact) mass is 388 g/mol. The zero-order valence-electron chi connectivity index (χ0n) is 14.3. The Kier molecular flexibility index (Phi) is 12.8. The average molecular weight is 387 g/mol. The molecule has 0 bridgehead atoms. The van der Waals surface area contributed by atoms with Crippen molar-refractivity contribution in [1.29, 1.82) is 0 Å². The van der Waals surface area contributed by atoms with Crippen molar-refractivity contribution < 1.29 is 4.74 Å². The van der Waals surface area contributed by atoms with Crippen LogP contribution in [0, 0.1) is 0 Å². The van der Waals surface area contributed by atoms with Crippen LogP contribution in [-0.2, 0) is 4.74 Å². The summed E-state index contributed by atoms with van der Waals surface area (Å²) < 4.78 is 12.7. The van der Waals surface area contributed by atoms with Crippen LogP contribution < -0.4 is 0 Å². The fourth-order valence-electron chi connectivity index (χ4n) is 2.71. The molecule has 0 fully saturated rings. The van der Waals surface area contributed by atoms with Gasteiger partial charge in [0.15, 0.2) is 0 Å². The van der Waals surface area contributed by atoms with Gasteiger partial charge in [-0.15, -0.1) is 0 Å². The molecule has 0 aromatic heterocycles. The molecule has 0 aliphatic carbocycles. The van der Waals surface area contributed by atoms with Crippen LogP contribution in [0.3, 0.4) is 0 Å². The van der Waals surface area contributed by atoms with Gasteiger partial charge in [-0.3, -0.25) is 0 Å². The maximum atomic E-state index is 5.50. The Bertz CT molecular complexity index is 249. The maximum absolute atomic E-state index is 5.50. The fourth-order valence-corrected chi connectivity index (χ4v) is 16.9. The van der Waals surface area contributed by atoms with Crippen molar-refractivity contribution in [1.82, 2.24) is 0 Å². The van der Waals surface area contributed by atoms with E-state index in [1.165, 1.54) is 51.8 Å². The summed E-state index contributed by atoms with van der Waals surface area (Å²) in [6.07, 6.45) is 10.4. The molecule has 20 heavy (non-hydrogen) atoms. The topological polar surface area (TPSA) is 9.23 Å². The van der Waals surface area contributed by atoms with E-state index < -0.39 is 18.4 Å². The first-order valence-corrected chi connectivity index (χ1v) is 16.3. The summed E-state index contributed by atoms with van der Waals surface area (Å²) in [5.74, 6) is 0.859. The number of rotatable bonds is 13. The third-order valence-corrected chi connectivity index (χ3v) is 18.1. The van der Waals surface area contributed by atoms with Gasteiger partial charge in [-0.25, -0.2) is 0 Å². The van der Waals surface area contributed by atoms with Gasteiger partial charge in [0.25, 0.3) is 0 Å². The molecule has 0 amide bonds. The van der Waals surface area contributed by atoms with Crippen LogP contribution in [0.1, 0.15) is 66.2 Å². The van der Waals surface area contributed by atoms with Crippen molar-refractivity contribution in [3.63, 3.8) is 0 Å². The Balaban J connectivity index is 4.86. The molecule has 0 aromatic rings. The molecule has 0 aromatic carbocycles. The molecule has 0 saturated heterocycles. The van der Waals surface area contributed by atoms with E-state index >= 15 is 0 Å². The minimum absolute atomic E-state index is 0.727.